The van der Waals surface area contributed by atoms with Crippen LogP contribution in [0.1, 0.15) is 22.3 Å². The number of carbonyl (C=O) groups excluding carboxylic acids is 1. The number of hydrogen-bond donors (Lipinski definition) is 2. The fraction of sp³-hybridized carbons (Fsp3) is 0.562. The number of hydrogen-bond acceptors (Lipinski definition) is 4. The van der Waals surface area contributed by atoms with Crippen LogP contribution in [0.25, 0.3) is 0 Å². The van der Waals surface area contributed by atoms with Gasteiger partial charge in [0.2, 0.25) is 5.91 Å². The lowest BCUT2D eigenvalue weighted by Gasteiger charge is -2.37. The van der Waals surface area contributed by atoms with Crippen molar-refractivity contribution in [1.29, 1.82) is 0 Å². The Balaban J connectivity index is 0.00000176. The number of halogens is 1. The van der Waals surface area contributed by atoms with E-state index < -0.39 is 0 Å². The predicted octanol–water partition coefficient (Wildman–Crippen LogP) is 0.687. The van der Waals surface area contributed by atoms with Crippen LogP contribution in [-0.2, 0) is 6.54 Å². The predicted molar refractivity (Wildman–Crippen MR) is 90.3 cm³/mol. The SMILES string of the molecule is Cl.NC(=O)c1ccc(CN2CCN(C3CCNC3)CC2)cc1. The van der Waals surface area contributed by atoms with Crippen LogP contribution >= 0.6 is 12.4 Å². The highest BCUT2D eigenvalue weighted by Gasteiger charge is 2.25. The molecule has 2 aliphatic rings. The maximum absolute atomic E-state index is 11.1. The molecule has 6 heteroatoms. The van der Waals surface area contributed by atoms with Crippen molar-refractivity contribution >= 4 is 18.3 Å². The van der Waals surface area contributed by atoms with Crippen molar-refractivity contribution in [2.45, 2.75) is 19.0 Å². The number of nitrogens with two attached hydrogens (primary N) is 1. The lowest BCUT2D eigenvalue weighted by atomic mass is 10.1. The van der Waals surface area contributed by atoms with Crippen LogP contribution in [-0.4, -0.2) is 61.0 Å². The first kappa shape index (κ1) is 17.2. The summed E-state index contributed by atoms with van der Waals surface area (Å²) in [5.41, 5.74) is 7.09. The average Bonchev–Trinajstić information content (AvgIpc) is 3.03. The van der Waals surface area contributed by atoms with E-state index in [0.29, 0.717) is 5.56 Å². The van der Waals surface area contributed by atoms with E-state index in [1.54, 1.807) is 0 Å². The number of carbonyl (C=O) groups is 1. The summed E-state index contributed by atoms with van der Waals surface area (Å²) < 4.78 is 0. The molecular weight excluding hydrogens is 300 g/mol. The van der Waals surface area contributed by atoms with E-state index in [1.807, 2.05) is 24.3 Å². The maximum atomic E-state index is 11.1. The van der Waals surface area contributed by atoms with Gasteiger partial charge in [-0.05, 0) is 30.7 Å². The summed E-state index contributed by atoms with van der Waals surface area (Å²) in [6.45, 7) is 7.82. The molecule has 0 spiro atoms. The number of rotatable bonds is 4. The number of amides is 1. The van der Waals surface area contributed by atoms with Crippen LogP contribution < -0.4 is 11.1 Å². The second-order valence-electron chi connectivity index (χ2n) is 6.02. The van der Waals surface area contributed by atoms with E-state index in [1.165, 1.54) is 12.0 Å². The Bertz CT molecular complexity index is 479. The third kappa shape index (κ3) is 4.20. The summed E-state index contributed by atoms with van der Waals surface area (Å²) in [6, 6.07) is 8.39. The Morgan fingerprint density at radius 3 is 2.41 bits per heavy atom. The van der Waals surface area contributed by atoms with Gasteiger partial charge in [0, 0.05) is 50.9 Å². The molecular formula is C16H25ClN4O. The monoisotopic (exact) mass is 324 g/mol. The number of benzene rings is 1. The smallest absolute Gasteiger partial charge is 0.248 e. The minimum absolute atomic E-state index is 0. The molecule has 3 rings (SSSR count). The molecule has 2 fully saturated rings. The van der Waals surface area contributed by atoms with Crippen LogP contribution in [0.3, 0.4) is 0 Å². The normalized spacial score (nSPS) is 23.2. The first-order valence-corrected chi connectivity index (χ1v) is 7.78. The molecule has 0 saturated carbocycles. The van der Waals surface area contributed by atoms with Crippen molar-refractivity contribution in [1.82, 2.24) is 15.1 Å². The summed E-state index contributed by atoms with van der Waals surface area (Å²) >= 11 is 0. The van der Waals surface area contributed by atoms with Crippen molar-refractivity contribution in [3.05, 3.63) is 35.4 Å². The summed E-state index contributed by atoms with van der Waals surface area (Å²) in [6.07, 6.45) is 1.29. The number of primary amides is 1. The highest BCUT2D eigenvalue weighted by atomic mass is 35.5. The molecule has 2 aliphatic heterocycles. The van der Waals surface area contributed by atoms with Crippen molar-refractivity contribution in [3.8, 4) is 0 Å². The van der Waals surface area contributed by atoms with Crippen LogP contribution in [0.4, 0.5) is 0 Å². The van der Waals surface area contributed by atoms with Crippen LogP contribution in [0, 0.1) is 0 Å². The third-order valence-corrected chi connectivity index (χ3v) is 4.60. The maximum Gasteiger partial charge on any atom is 0.248 e. The Labute approximate surface area is 138 Å². The molecule has 1 aromatic rings. The molecule has 2 saturated heterocycles. The number of nitrogens with one attached hydrogen (secondary N) is 1. The van der Waals surface area contributed by atoms with Crippen molar-refractivity contribution in [3.63, 3.8) is 0 Å². The fourth-order valence-electron chi connectivity index (χ4n) is 3.27. The molecule has 0 aliphatic carbocycles. The number of piperazine rings is 1. The van der Waals surface area contributed by atoms with Crippen molar-refractivity contribution in [2.24, 2.45) is 5.73 Å². The van der Waals surface area contributed by atoms with Gasteiger partial charge in [0.1, 0.15) is 0 Å². The van der Waals surface area contributed by atoms with Gasteiger partial charge in [-0.25, -0.2) is 0 Å². The molecule has 0 radical (unpaired) electrons. The van der Waals surface area contributed by atoms with Gasteiger partial charge in [-0.2, -0.15) is 0 Å². The third-order valence-electron chi connectivity index (χ3n) is 4.60. The van der Waals surface area contributed by atoms with E-state index >= 15 is 0 Å². The molecule has 2 heterocycles. The molecule has 3 N–H and O–H groups in total. The minimum Gasteiger partial charge on any atom is -0.366 e. The molecule has 1 atom stereocenters. The Morgan fingerprint density at radius 1 is 1.18 bits per heavy atom. The number of nitrogens with zero attached hydrogens (tertiary/aromatic N) is 2. The molecule has 1 aromatic carbocycles. The van der Waals surface area contributed by atoms with Crippen LogP contribution in [0.15, 0.2) is 24.3 Å². The van der Waals surface area contributed by atoms with Gasteiger partial charge in [-0.1, -0.05) is 12.1 Å². The summed E-state index contributed by atoms with van der Waals surface area (Å²) in [7, 11) is 0. The first-order valence-electron chi connectivity index (χ1n) is 7.78. The van der Waals surface area contributed by atoms with Crippen molar-refractivity contribution < 1.29 is 4.79 Å². The van der Waals surface area contributed by atoms with Crippen LogP contribution in [0.5, 0.6) is 0 Å². The van der Waals surface area contributed by atoms with Gasteiger partial charge in [-0.15, -0.1) is 12.4 Å². The second-order valence-corrected chi connectivity index (χ2v) is 6.02. The molecule has 0 bridgehead atoms. The zero-order valence-corrected chi connectivity index (χ0v) is 13.6. The van der Waals surface area contributed by atoms with Gasteiger partial charge < -0.3 is 11.1 Å². The first-order chi connectivity index (χ1) is 10.2. The van der Waals surface area contributed by atoms with Crippen molar-refractivity contribution in [2.75, 3.05) is 39.3 Å². The van der Waals surface area contributed by atoms with E-state index in [4.69, 9.17) is 5.73 Å². The molecule has 1 amide bonds. The van der Waals surface area contributed by atoms with E-state index in [9.17, 15) is 4.79 Å². The van der Waals surface area contributed by atoms with Crippen LogP contribution in [0.2, 0.25) is 0 Å². The fourth-order valence-corrected chi connectivity index (χ4v) is 3.27. The standard InChI is InChI=1S/C16H24N4O.ClH/c17-16(21)14-3-1-13(2-4-14)12-19-7-9-20(10-8-19)15-5-6-18-11-15;/h1-4,15,18H,5-12H2,(H2,17,21);1H. The molecule has 0 aromatic heterocycles. The topological polar surface area (TPSA) is 61.6 Å². The molecule has 22 heavy (non-hydrogen) atoms. The molecule has 122 valence electrons. The average molecular weight is 325 g/mol. The highest BCUT2D eigenvalue weighted by molar-refractivity contribution is 5.92. The van der Waals surface area contributed by atoms with E-state index in [2.05, 4.69) is 15.1 Å². The lowest BCUT2D eigenvalue weighted by molar-refractivity contribution is 0.0981. The molecule has 5 nitrogen and oxygen atoms in total. The largest absolute Gasteiger partial charge is 0.366 e. The minimum atomic E-state index is -0.361. The van der Waals surface area contributed by atoms with Gasteiger partial charge >= 0.3 is 0 Å². The van der Waals surface area contributed by atoms with Gasteiger partial charge in [0.05, 0.1) is 0 Å². The van der Waals surface area contributed by atoms with Gasteiger partial charge in [0.15, 0.2) is 0 Å². The Hall–Kier alpha value is -1.14. The zero-order chi connectivity index (χ0) is 14.7. The summed E-state index contributed by atoms with van der Waals surface area (Å²) in [5.74, 6) is -0.361. The van der Waals surface area contributed by atoms with E-state index in [0.717, 1.165) is 51.9 Å². The zero-order valence-electron chi connectivity index (χ0n) is 12.8. The Morgan fingerprint density at radius 2 is 1.86 bits per heavy atom. The van der Waals surface area contributed by atoms with Gasteiger partial charge in [-0.3, -0.25) is 14.6 Å². The van der Waals surface area contributed by atoms with Gasteiger partial charge in [0.25, 0.3) is 0 Å². The quantitative estimate of drug-likeness (QED) is 0.855. The summed E-state index contributed by atoms with van der Waals surface area (Å²) in [5, 5.41) is 3.44. The highest BCUT2D eigenvalue weighted by Crippen LogP contribution is 2.14. The molecule has 1 unspecified atom stereocenters. The lowest BCUT2D eigenvalue weighted by Crippen LogP contribution is -2.50. The van der Waals surface area contributed by atoms with E-state index in [-0.39, 0.29) is 18.3 Å². The summed E-state index contributed by atoms with van der Waals surface area (Å²) in [4.78, 5) is 16.2. The Kier molecular flexibility index (Phi) is 6.20. The second kappa shape index (κ2) is 7.92.